The number of carbonyl (C=O) groups is 2. The second-order valence-corrected chi connectivity index (χ2v) is 5.76. The Balaban J connectivity index is 1.64. The highest BCUT2D eigenvalue weighted by Gasteiger charge is 2.16. The Morgan fingerprint density at radius 2 is 2.00 bits per heavy atom. The van der Waals surface area contributed by atoms with Crippen LogP contribution in [0.25, 0.3) is 0 Å². The fourth-order valence-corrected chi connectivity index (χ4v) is 2.78. The fraction of sp³-hybridized carbons (Fsp3) is 0.529. The van der Waals surface area contributed by atoms with E-state index >= 15 is 0 Å². The number of benzene rings is 1. The van der Waals surface area contributed by atoms with E-state index in [-0.39, 0.29) is 12.6 Å². The predicted octanol–water partition coefficient (Wildman–Crippen LogP) is 3.67. The largest absolute Gasteiger partial charge is 0.456 e. The van der Waals surface area contributed by atoms with Gasteiger partial charge in [0.15, 0.2) is 6.61 Å². The summed E-state index contributed by atoms with van der Waals surface area (Å²) >= 11 is 0. The molecule has 1 N–H and O–H groups in total. The van der Waals surface area contributed by atoms with Crippen molar-refractivity contribution in [3.8, 4) is 0 Å². The van der Waals surface area contributed by atoms with Gasteiger partial charge in [-0.3, -0.25) is 9.59 Å². The van der Waals surface area contributed by atoms with Gasteiger partial charge >= 0.3 is 5.97 Å². The summed E-state index contributed by atoms with van der Waals surface area (Å²) in [5.41, 5.74) is 0.350. The first-order valence-electron chi connectivity index (χ1n) is 7.84. The van der Waals surface area contributed by atoms with Crippen LogP contribution in [0.3, 0.4) is 0 Å². The zero-order chi connectivity index (χ0) is 15.8. The summed E-state index contributed by atoms with van der Waals surface area (Å²) in [4.78, 5) is 23.3. The molecular weight excluding hydrogens is 285 g/mol. The van der Waals surface area contributed by atoms with Gasteiger partial charge < -0.3 is 10.1 Å². The first-order chi connectivity index (χ1) is 10.6. The molecule has 0 heterocycles. The van der Waals surface area contributed by atoms with Gasteiger partial charge in [-0.25, -0.2) is 4.39 Å². The molecule has 1 aliphatic carbocycles. The molecule has 1 amide bonds. The lowest BCUT2D eigenvalue weighted by Crippen LogP contribution is -2.21. The van der Waals surface area contributed by atoms with E-state index < -0.39 is 11.7 Å². The quantitative estimate of drug-likeness (QED) is 0.816. The van der Waals surface area contributed by atoms with Gasteiger partial charge in [0.2, 0.25) is 0 Å². The second-order valence-electron chi connectivity index (χ2n) is 5.76. The summed E-state index contributed by atoms with van der Waals surface area (Å²) < 4.78 is 17.9. The molecule has 1 saturated carbocycles. The summed E-state index contributed by atoms with van der Waals surface area (Å²) in [5.74, 6) is -0.624. The lowest BCUT2D eigenvalue weighted by molar-refractivity contribution is -0.147. The summed E-state index contributed by atoms with van der Waals surface area (Å²) in [6.45, 7) is -0.333. The second kappa shape index (κ2) is 8.51. The van der Waals surface area contributed by atoms with Crippen LogP contribution in [-0.4, -0.2) is 18.5 Å². The van der Waals surface area contributed by atoms with E-state index in [1.807, 2.05) is 0 Å². The van der Waals surface area contributed by atoms with Crippen molar-refractivity contribution in [1.82, 2.24) is 0 Å². The Bertz CT molecular complexity index is 512. The number of ether oxygens (including phenoxy) is 1. The molecular formula is C17H22FNO3. The normalized spacial score (nSPS) is 15.3. The zero-order valence-electron chi connectivity index (χ0n) is 12.6. The minimum absolute atomic E-state index is 0.333. The molecule has 120 valence electrons. The standard InChI is InChI=1S/C17H22FNO3/c18-14-7-4-8-15(11-14)19-16(20)12-22-17(21)10-9-13-5-2-1-3-6-13/h4,7-8,11,13H,1-3,5-6,9-10,12H2,(H,19,20). The highest BCUT2D eigenvalue weighted by molar-refractivity contribution is 5.92. The van der Waals surface area contributed by atoms with E-state index in [0.717, 1.165) is 6.42 Å². The Hall–Kier alpha value is -1.91. The Kier molecular flexibility index (Phi) is 6.37. The Morgan fingerprint density at radius 3 is 2.73 bits per heavy atom. The Labute approximate surface area is 130 Å². The van der Waals surface area contributed by atoms with Gasteiger partial charge in [0.1, 0.15) is 5.82 Å². The van der Waals surface area contributed by atoms with Gasteiger partial charge in [0.25, 0.3) is 5.91 Å². The third-order valence-corrected chi connectivity index (χ3v) is 3.95. The molecule has 1 fully saturated rings. The fourth-order valence-electron chi connectivity index (χ4n) is 2.78. The predicted molar refractivity (Wildman–Crippen MR) is 81.8 cm³/mol. The number of nitrogens with one attached hydrogen (secondary N) is 1. The third kappa shape index (κ3) is 5.84. The number of halogens is 1. The monoisotopic (exact) mass is 307 g/mol. The van der Waals surface area contributed by atoms with Crippen molar-refractivity contribution in [2.75, 3.05) is 11.9 Å². The molecule has 0 aromatic heterocycles. The summed E-state index contributed by atoms with van der Waals surface area (Å²) in [6, 6.07) is 5.58. The molecule has 0 unspecified atom stereocenters. The average Bonchev–Trinajstić information content (AvgIpc) is 2.52. The van der Waals surface area contributed by atoms with Crippen molar-refractivity contribution in [2.24, 2.45) is 5.92 Å². The van der Waals surface area contributed by atoms with E-state index in [1.165, 1.54) is 50.3 Å². The molecule has 1 aliphatic rings. The topological polar surface area (TPSA) is 55.4 Å². The van der Waals surface area contributed by atoms with Crippen LogP contribution >= 0.6 is 0 Å². The van der Waals surface area contributed by atoms with Crippen molar-refractivity contribution in [1.29, 1.82) is 0 Å². The maximum Gasteiger partial charge on any atom is 0.306 e. The van der Waals surface area contributed by atoms with Gasteiger partial charge in [0, 0.05) is 12.1 Å². The van der Waals surface area contributed by atoms with Crippen LogP contribution in [0.4, 0.5) is 10.1 Å². The van der Waals surface area contributed by atoms with E-state index in [0.29, 0.717) is 18.0 Å². The summed E-state index contributed by atoms with van der Waals surface area (Å²) in [7, 11) is 0. The molecule has 1 aromatic rings. The van der Waals surface area contributed by atoms with Gasteiger partial charge in [-0.2, -0.15) is 0 Å². The zero-order valence-corrected chi connectivity index (χ0v) is 12.6. The van der Waals surface area contributed by atoms with E-state index in [1.54, 1.807) is 6.07 Å². The van der Waals surface area contributed by atoms with E-state index in [2.05, 4.69) is 5.32 Å². The van der Waals surface area contributed by atoms with E-state index in [9.17, 15) is 14.0 Å². The van der Waals surface area contributed by atoms with Crippen molar-refractivity contribution < 1.29 is 18.7 Å². The SMILES string of the molecule is O=C(COC(=O)CCC1CCCCC1)Nc1cccc(F)c1. The number of rotatable bonds is 6. The molecule has 2 rings (SSSR count). The number of esters is 1. The maximum atomic E-state index is 13.0. The average molecular weight is 307 g/mol. The molecule has 22 heavy (non-hydrogen) atoms. The molecule has 4 nitrogen and oxygen atoms in total. The van der Waals surface area contributed by atoms with Crippen molar-refractivity contribution in [3.05, 3.63) is 30.1 Å². The number of anilines is 1. The first-order valence-corrected chi connectivity index (χ1v) is 7.84. The minimum Gasteiger partial charge on any atom is -0.456 e. The number of hydrogen-bond acceptors (Lipinski definition) is 3. The van der Waals surface area contributed by atoms with Gasteiger partial charge in [-0.15, -0.1) is 0 Å². The van der Waals surface area contributed by atoms with Crippen LogP contribution in [0.15, 0.2) is 24.3 Å². The van der Waals surface area contributed by atoms with Crippen LogP contribution in [0.1, 0.15) is 44.9 Å². The molecule has 0 aliphatic heterocycles. The molecule has 0 atom stereocenters. The van der Waals surface area contributed by atoms with Crippen molar-refractivity contribution in [2.45, 2.75) is 44.9 Å². The van der Waals surface area contributed by atoms with Crippen molar-refractivity contribution >= 4 is 17.6 Å². The van der Waals surface area contributed by atoms with Crippen LogP contribution in [0, 0.1) is 11.7 Å². The summed E-state index contributed by atoms with van der Waals surface area (Å²) in [5, 5.41) is 2.49. The Morgan fingerprint density at radius 1 is 1.23 bits per heavy atom. The highest BCUT2D eigenvalue weighted by Crippen LogP contribution is 2.27. The van der Waals surface area contributed by atoms with Gasteiger partial charge in [-0.1, -0.05) is 38.2 Å². The van der Waals surface area contributed by atoms with Crippen LogP contribution < -0.4 is 5.32 Å². The molecule has 0 spiro atoms. The third-order valence-electron chi connectivity index (χ3n) is 3.95. The number of amides is 1. The maximum absolute atomic E-state index is 13.0. The summed E-state index contributed by atoms with van der Waals surface area (Å²) in [6.07, 6.45) is 7.36. The van der Waals surface area contributed by atoms with Gasteiger partial charge in [0.05, 0.1) is 0 Å². The van der Waals surface area contributed by atoms with Gasteiger partial charge in [-0.05, 0) is 30.5 Å². The lowest BCUT2D eigenvalue weighted by atomic mass is 9.86. The first kappa shape index (κ1) is 16.5. The van der Waals surface area contributed by atoms with Crippen LogP contribution in [-0.2, 0) is 14.3 Å². The van der Waals surface area contributed by atoms with Crippen LogP contribution in [0.2, 0.25) is 0 Å². The van der Waals surface area contributed by atoms with E-state index in [4.69, 9.17) is 4.74 Å². The molecule has 0 saturated heterocycles. The number of hydrogen-bond donors (Lipinski definition) is 1. The minimum atomic E-state index is -0.461. The highest BCUT2D eigenvalue weighted by atomic mass is 19.1. The van der Waals surface area contributed by atoms with Crippen LogP contribution in [0.5, 0.6) is 0 Å². The lowest BCUT2D eigenvalue weighted by Gasteiger charge is -2.20. The molecule has 1 aromatic carbocycles. The molecule has 5 heteroatoms. The number of carbonyl (C=O) groups excluding carboxylic acids is 2. The molecule has 0 radical (unpaired) electrons. The molecule has 0 bridgehead atoms. The van der Waals surface area contributed by atoms with Crippen molar-refractivity contribution in [3.63, 3.8) is 0 Å². The smallest absolute Gasteiger partial charge is 0.306 e.